The largest absolute Gasteiger partial charge is 0.496 e. The summed E-state index contributed by atoms with van der Waals surface area (Å²) in [4.78, 5) is 29.3. The smallest absolute Gasteiger partial charge is 0.253 e. The summed E-state index contributed by atoms with van der Waals surface area (Å²) in [5.74, 6) is 0.456. The molecule has 0 saturated carbocycles. The van der Waals surface area contributed by atoms with Gasteiger partial charge in [0.15, 0.2) is 0 Å². The number of fused-ring (bicyclic) bond motifs is 3. The van der Waals surface area contributed by atoms with Crippen LogP contribution in [0.3, 0.4) is 0 Å². The molecule has 2 aromatic carbocycles. The van der Waals surface area contributed by atoms with Crippen LogP contribution in [-0.4, -0.2) is 68.1 Å². The molecule has 2 bridgehead atoms. The van der Waals surface area contributed by atoms with E-state index in [4.69, 9.17) is 9.47 Å². The number of likely N-dealkylation sites (N-methyl/N-ethyl adjacent to an activating group) is 1. The van der Waals surface area contributed by atoms with Crippen LogP contribution in [0.1, 0.15) is 10.4 Å². The van der Waals surface area contributed by atoms with Crippen LogP contribution in [0.2, 0.25) is 0 Å². The molecule has 2 atom stereocenters. The maximum Gasteiger partial charge on any atom is 0.253 e. The van der Waals surface area contributed by atoms with Crippen molar-refractivity contribution in [2.75, 3.05) is 40.5 Å². The summed E-state index contributed by atoms with van der Waals surface area (Å²) in [7, 11) is 3.43. The van der Waals surface area contributed by atoms with Gasteiger partial charge < -0.3 is 19.3 Å². The summed E-state index contributed by atoms with van der Waals surface area (Å²) in [6.07, 6.45) is 0. The van der Waals surface area contributed by atoms with Crippen LogP contribution >= 0.6 is 0 Å². The van der Waals surface area contributed by atoms with Gasteiger partial charge in [-0.3, -0.25) is 9.59 Å². The zero-order chi connectivity index (χ0) is 19.7. The van der Waals surface area contributed by atoms with Crippen molar-refractivity contribution in [3.05, 3.63) is 54.1 Å². The van der Waals surface area contributed by atoms with Crippen LogP contribution in [0.5, 0.6) is 5.75 Å². The molecule has 2 fully saturated rings. The number of carbonyl (C=O) groups excluding carboxylic acids is 2. The third-order valence-electron chi connectivity index (χ3n) is 5.56. The Labute approximate surface area is 164 Å². The van der Waals surface area contributed by atoms with E-state index in [1.165, 1.54) is 0 Å². The number of methoxy groups -OCH3 is 1. The van der Waals surface area contributed by atoms with Gasteiger partial charge in [0.05, 0.1) is 32.3 Å². The maximum atomic E-state index is 13.3. The highest BCUT2D eigenvalue weighted by Crippen LogP contribution is 2.30. The van der Waals surface area contributed by atoms with Crippen LogP contribution in [0.4, 0.5) is 0 Å². The van der Waals surface area contributed by atoms with Crippen molar-refractivity contribution in [2.45, 2.75) is 6.04 Å². The van der Waals surface area contributed by atoms with Crippen LogP contribution in [0.15, 0.2) is 48.5 Å². The number of hydrogen-bond acceptors (Lipinski definition) is 4. The highest BCUT2D eigenvalue weighted by atomic mass is 16.5. The molecule has 2 aliphatic heterocycles. The van der Waals surface area contributed by atoms with Crippen molar-refractivity contribution >= 4 is 11.8 Å². The van der Waals surface area contributed by atoms with Crippen LogP contribution in [-0.2, 0) is 9.53 Å². The first kappa shape index (κ1) is 18.5. The molecule has 146 valence electrons. The summed E-state index contributed by atoms with van der Waals surface area (Å²) in [5.41, 5.74) is 2.48. The number of para-hydroxylation sites is 1. The summed E-state index contributed by atoms with van der Waals surface area (Å²) >= 11 is 0. The average molecular weight is 380 g/mol. The summed E-state index contributed by atoms with van der Waals surface area (Å²) in [6, 6.07) is 15.2. The molecule has 6 nitrogen and oxygen atoms in total. The number of carbonyl (C=O) groups is 2. The van der Waals surface area contributed by atoms with Gasteiger partial charge in [-0.25, -0.2) is 0 Å². The molecule has 2 aromatic rings. The van der Waals surface area contributed by atoms with Crippen LogP contribution in [0, 0.1) is 5.92 Å². The van der Waals surface area contributed by atoms with E-state index in [0.717, 1.165) is 16.9 Å². The second-order valence-corrected chi connectivity index (χ2v) is 7.33. The van der Waals surface area contributed by atoms with E-state index in [9.17, 15) is 9.59 Å². The van der Waals surface area contributed by atoms with Crippen molar-refractivity contribution in [2.24, 2.45) is 5.92 Å². The molecule has 0 unspecified atom stereocenters. The summed E-state index contributed by atoms with van der Waals surface area (Å²) in [6.45, 7) is 1.70. The predicted octanol–water partition coefficient (Wildman–Crippen LogP) is 2.29. The molecule has 4 rings (SSSR count). The minimum Gasteiger partial charge on any atom is -0.496 e. The lowest BCUT2D eigenvalue weighted by molar-refractivity contribution is -0.133. The number of ether oxygens (including phenoxy) is 2. The van der Waals surface area contributed by atoms with Gasteiger partial charge in [-0.1, -0.05) is 30.3 Å². The fourth-order valence-electron chi connectivity index (χ4n) is 3.95. The van der Waals surface area contributed by atoms with E-state index < -0.39 is 0 Å². The Morgan fingerprint density at radius 1 is 1.11 bits per heavy atom. The Balaban J connectivity index is 1.63. The second kappa shape index (κ2) is 7.64. The van der Waals surface area contributed by atoms with E-state index in [-0.39, 0.29) is 23.8 Å². The number of amides is 2. The minimum absolute atomic E-state index is 0.0561. The standard InChI is InChI=1S/C22H24N2O4/c1-23-18-12-24(11-17(21(23)25)13-28-14-18)22(26)16-7-5-6-15(10-16)19-8-3-4-9-20(19)27-2/h3-10,17-18H,11-14H2,1-2H3/t17-,18+/m1/s1. The zero-order valence-electron chi connectivity index (χ0n) is 16.1. The van der Waals surface area contributed by atoms with Gasteiger partial charge in [-0.05, 0) is 23.8 Å². The molecule has 0 radical (unpaired) electrons. The Bertz CT molecular complexity index is 898. The van der Waals surface area contributed by atoms with Crippen molar-refractivity contribution < 1.29 is 19.1 Å². The topological polar surface area (TPSA) is 59.1 Å². The van der Waals surface area contributed by atoms with Gasteiger partial charge in [0.25, 0.3) is 5.91 Å². The normalized spacial score (nSPS) is 22.0. The van der Waals surface area contributed by atoms with E-state index in [1.54, 1.807) is 24.0 Å². The third kappa shape index (κ3) is 3.36. The highest BCUT2D eigenvalue weighted by Gasteiger charge is 2.38. The molecular weight excluding hydrogens is 356 g/mol. The minimum atomic E-state index is -0.307. The SMILES string of the molecule is COc1ccccc1-c1cccc(C(=O)N2C[C@@H]3COC[C@H](C2)N(C)C3=O)c1. The number of hydrogen-bond donors (Lipinski definition) is 0. The van der Waals surface area contributed by atoms with E-state index in [1.807, 2.05) is 48.5 Å². The van der Waals surface area contributed by atoms with Gasteiger partial charge in [0.1, 0.15) is 5.75 Å². The fourth-order valence-corrected chi connectivity index (χ4v) is 3.95. The Hall–Kier alpha value is -2.86. The van der Waals surface area contributed by atoms with Gasteiger partial charge in [0.2, 0.25) is 5.91 Å². The van der Waals surface area contributed by atoms with Crippen molar-refractivity contribution in [3.63, 3.8) is 0 Å². The van der Waals surface area contributed by atoms with Crippen molar-refractivity contribution in [1.82, 2.24) is 9.80 Å². The van der Waals surface area contributed by atoms with Crippen LogP contribution < -0.4 is 4.74 Å². The lowest BCUT2D eigenvalue weighted by Crippen LogP contribution is -2.45. The predicted molar refractivity (Wildman–Crippen MR) is 105 cm³/mol. The molecule has 0 N–H and O–H groups in total. The van der Waals surface area contributed by atoms with E-state index in [2.05, 4.69) is 0 Å². The lowest BCUT2D eigenvalue weighted by atomic mass is 10.0. The third-order valence-corrected chi connectivity index (χ3v) is 5.56. The molecule has 28 heavy (non-hydrogen) atoms. The molecule has 0 aromatic heterocycles. The highest BCUT2D eigenvalue weighted by molar-refractivity contribution is 5.96. The second-order valence-electron chi connectivity index (χ2n) is 7.33. The van der Waals surface area contributed by atoms with E-state index >= 15 is 0 Å². The van der Waals surface area contributed by atoms with Gasteiger partial charge in [-0.2, -0.15) is 0 Å². The fraction of sp³-hybridized carbons (Fsp3) is 0.364. The summed E-state index contributed by atoms with van der Waals surface area (Å²) in [5, 5.41) is 0. The van der Waals surface area contributed by atoms with Crippen LogP contribution in [0.25, 0.3) is 11.1 Å². The zero-order valence-corrected chi connectivity index (χ0v) is 16.1. The monoisotopic (exact) mass is 380 g/mol. The Morgan fingerprint density at radius 3 is 2.75 bits per heavy atom. The number of nitrogens with zero attached hydrogens (tertiary/aromatic N) is 2. The number of rotatable bonds is 3. The molecular formula is C22H24N2O4. The van der Waals surface area contributed by atoms with Crippen molar-refractivity contribution in [3.8, 4) is 16.9 Å². The van der Waals surface area contributed by atoms with Gasteiger partial charge >= 0.3 is 0 Å². The molecule has 6 heteroatoms. The Kier molecular flexibility index (Phi) is 5.05. The molecule has 2 saturated heterocycles. The van der Waals surface area contributed by atoms with Crippen molar-refractivity contribution in [1.29, 1.82) is 0 Å². The molecule has 0 aliphatic carbocycles. The Morgan fingerprint density at radius 2 is 1.93 bits per heavy atom. The molecule has 2 heterocycles. The van der Waals surface area contributed by atoms with Gasteiger partial charge in [0, 0.05) is 31.3 Å². The quantitative estimate of drug-likeness (QED) is 0.820. The van der Waals surface area contributed by atoms with Gasteiger partial charge in [-0.15, -0.1) is 0 Å². The number of benzene rings is 2. The molecule has 0 spiro atoms. The summed E-state index contributed by atoms with van der Waals surface area (Å²) < 4.78 is 11.1. The molecule has 2 amide bonds. The molecule has 2 aliphatic rings. The maximum absolute atomic E-state index is 13.3. The lowest BCUT2D eigenvalue weighted by Gasteiger charge is -2.29. The van der Waals surface area contributed by atoms with E-state index in [0.29, 0.717) is 31.9 Å². The first-order chi connectivity index (χ1) is 13.6. The average Bonchev–Trinajstić information content (AvgIpc) is 2.92. The first-order valence-corrected chi connectivity index (χ1v) is 9.45. The first-order valence-electron chi connectivity index (χ1n) is 9.45.